The Balaban J connectivity index is 1.66. The van der Waals surface area contributed by atoms with Crippen molar-refractivity contribution >= 4 is 61.1 Å². The molecule has 5 nitrogen and oxygen atoms in total. The molecular weight excluding hydrogens is 752 g/mol. The number of halogens is 6. The van der Waals surface area contributed by atoms with Crippen molar-refractivity contribution in [2.24, 2.45) is 0 Å². The molecule has 1 unspecified atom stereocenters. The third-order valence-electron chi connectivity index (χ3n) is 4.52. The first-order valence-corrected chi connectivity index (χ1v) is 20.9. The van der Waals surface area contributed by atoms with Gasteiger partial charge in [0.05, 0.1) is 0 Å². The summed E-state index contributed by atoms with van der Waals surface area (Å²) in [5.74, 6) is 0. The second-order valence-corrected chi connectivity index (χ2v) is 25.3. The molecule has 1 aromatic carbocycles. The van der Waals surface area contributed by atoms with E-state index in [2.05, 4.69) is 10.5 Å². The van der Waals surface area contributed by atoms with E-state index in [1.807, 2.05) is 66.5 Å². The number of nitrogens with zero attached hydrogens (tertiary/aromatic N) is 2. The van der Waals surface area contributed by atoms with Gasteiger partial charge in [0.15, 0.2) is 0 Å². The van der Waals surface area contributed by atoms with Crippen molar-refractivity contribution < 1.29 is 40.2 Å². The summed E-state index contributed by atoms with van der Waals surface area (Å²) in [6.45, 7) is 8.30. The van der Waals surface area contributed by atoms with Crippen LogP contribution in [0.4, 0.5) is 23.7 Å². The molecule has 1 aliphatic rings. The number of amides is 1. The third-order valence-corrected chi connectivity index (χ3v) is 23.9. The first-order valence-electron chi connectivity index (χ1n) is 9.72. The average Bonchev–Trinajstić information content (AvgIpc) is 2.94. The van der Waals surface area contributed by atoms with E-state index in [-0.39, 0.29) is 23.6 Å². The van der Waals surface area contributed by atoms with Gasteiger partial charge >= 0.3 is 210 Å². The summed E-state index contributed by atoms with van der Waals surface area (Å²) in [6, 6.07) is 7.34. The maximum absolute atomic E-state index is 13.0. The van der Waals surface area contributed by atoms with Gasteiger partial charge in [0.1, 0.15) is 0 Å². The zero-order valence-electron chi connectivity index (χ0n) is 17.7. The van der Waals surface area contributed by atoms with Crippen LogP contribution >= 0.6 is 38.4 Å². The molecule has 31 heavy (non-hydrogen) atoms. The number of alkyl halides is 5. The summed E-state index contributed by atoms with van der Waals surface area (Å²) in [7, 11) is 0. The van der Waals surface area contributed by atoms with Gasteiger partial charge in [-0.1, -0.05) is 0 Å². The minimum absolute atomic E-state index is 0.244. The number of ether oxygens (including phenoxy) is 1. The van der Waals surface area contributed by atoms with E-state index in [1.54, 1.807) is 6.07 Å². The number of rotatable bonds is 4. The molecule has 1 aromatic heterocycles. The fraction of sp³-hybridized carbons (Fsp3) is 0.550. The molecule has 0 spiro atoms. The number of aromatic nitrogens is 1. The normalized spacial score (nSPS) is 19.2. The molecule has 1 atom stereocenters. The molecule has 1 aliphatic heterocycles. The van der Waals surface area contributed by atoms with Crippen LogP contribution in [-0.2, 0) is 11.3 Å². The Labute approximate surface area is 208 Å². The van der Waals surface area contributed by atoms with Crippen molar-refractivity contribution in [3.05, 3.63) is 28.0 Å². The van der Waals surface area contributed by atoms with Crippen LogP contribution in [0.25, 0.3) is 10.9 Å². The van der Waals surface area contributed by atoms with Gasteiger partial charge in [0.2, 0.25) is 0 Å². The Hall–Kier alpha value is -0.190. The van der Waals surface area contributed by atoms with E-state index in [0.29, 0.717) is 13.1 Å². The van der Waals surface area contributed by atoms with Crippen LogP contribution in [0.5, 0.6) is 0 Å². The number of fused-ring (bicyclic) bond motifs is 1. The van der Waals surface area contributed by atoms with Gasteiger partial charge < -0.3 is 0 Å². The molecule has 1 saturated heterocycles. The van der Waals surface area contributed by atoms with Crippen molar-refractivity contribution in [3.8, 4) is 0 Å². The summed E-state index contributed by atoms with van der Waals surface area (Å²) in [4.78, 5) is 14.2. The van der Waals surface area contributed by atoms with E-state index in [0.717, 1.165) is 28.6 Å². The van der Waals surface area contributed by atoms with E-state index in [1.165, 1.54) is 4.57 Å². The van der Waals surface area contributed by atoms with E-state index < -0.39 is 34.2 Å². The molecule has 3 rings (SSSR count). The molecule has 2 aromatic rings. The minimum atomic E-state index is -4.26. The van der Waals surface area contributed by atoms with Gasteiger partial charge in [-0.2, -0.15) is 0 Å². The predicted molar refractivity (Wildman–Crippen MR) is 130 cm³/mol. The summed E-state index contributed by atoms with van der Waals surface area (Å²) in [5, 5.41) is 0.840. The molecule has 2 heterocycles. The van der Waals surface area contributed by atoms with Crippen molar-refractivity contribution in [1.82, 2.24) is 9.47 Å². The molecule has 1 amide bonds. The number of nitrogens with one attached hydrogen (secondary N) is 1. The van der Waals surface area contributed by atoms with Crippen molar-refractivity contribution in [3.63, 3.8) is 0 Å². The number of benzene rings is 1. The second-order valence-electron chi connectivity index (χ2n) is 8.31. The van der Waals surface area contributed by atoms with Crippen molar-refractivity contribution in [2.45, 2.75) is 49.9 Å². The van der Waals surface area contributed by atoms with Gasteiger partial charge in [-0.25, -0.2) is 0 Å². The first kappa shape index (κ1) is 25.4. The van der Waals surface area contributed by atoms with Crippen molar-refractivity contribution in [1.29, 1.82) is 0 Å². The quantitative estimate of drug-likeness (QED) is 0.295. The Morgan fingerprint density at radius 1 is 1.35 bits per heavy atom. The summed E-state index contributed by atoms with van der Waals surface area (Å²) in [6.07, 6.45) is -4.50. The number of anilines is 1. The molecule has 176 valence electrons. The van der Waals surface area contributed by atoms with Crippen LogP contribution in [0.2, 0.25) is 0 Å². The summed E-state index contributed by atoms with van der Waals surface area (Å²) in [5.41, 5.74) is 1.03. The topological polar surface area (TPSA) is 46.5 Å². The van der Waals surface area contributed by atoms with Gasteiger partial charge in [0, 0.05) is 0 Å². The SMILES string of the molecule is CC1CN(C(=O)OC(C)(C)C)CCI1[I-]Nc1cccc2c1cc(I)n2CC(F)(F)F. The molecular formula is C20H26F3I3N3O2-. The third kappa shape index (κ3) is 6.90. The molecule has 1 fully saturated rings. The van der Waals surface area contributed by atoms with Crippen molar-refractivity contribution in [2.75, 3.05) is 21.0 Å². The van der Waals surface area contributed by atoms with Crippen LogP contribution in [0.1, 0.15) is 27.7 Å². The Morgan fingerprint density at radius 3 is 2.68 bits per heavy atom. The summed E-state index contributed by atoms with van der Waals surface area (Å²) < 4.78 is 51.5. The van der Waals surface area contributed by atoms with Crippen LogP contribution < -0.4 is 21.0 Å². The molecule has 1 N–H and O–H groups in total. The van der Waals surface area contributed by atoms with Gasteiger partial charge in [-0.3, -0.25) is 0 Å². The summed E-state index contributed by atoms with van der Waals surface area (Å²) >= 11 is 0.396. The van der Waals surface area contributed by atoms with E-state index in [4.69, 9.17) is 4.74 Å². The van der Waals surface area contributed by atoms with Crippen LogP contribution in [0, 0.1) is 3.70 Å². The molecule has 0 radical (unpaired) electrons. The monoisotopic (exact) mass is 778 g/mol. The molecule has 0 saturated carbocycles. The van der Waals surface area contributed by atoms with Gasteiger partial charge in [0.25, 0.3) is 0 Å². The standard InChI is InChI=1S/C20H26F3I3N3O2/c1-13-11-28(18(30)31-19(2,3)4)9-8-26(13)25-27-15-6-5-7-16-14(15)10-17(24)29(16)12-20(21,22)23/h5-7,10,13,27H,8-9,11-12H2,1-4H3/q-1. The first-order chi connectivity index (χ1) is 14.3. The number of hydrogen-bond acceptors (Lipinski definition) is 3. The van der Waals surface area contributed by atoms with Crippen LogP contribution in [-0.4, -0.2) is 48.8 Å². The fourth-order valence-electron chi connectivity index (χ4n) is 3.20. The van der Waals surface area contributed by atoms with Gasteiger partial charge in [-0.15, -0.1) is 0 Å². The molecule has 11 heteroatoms. The maximum atomic E-state index is 13.0. The number of hydrogen-bond donors (Lipinski definition) is 1. The molecule has 0 bridgehead atoms. The zero-order valence-corrected chi connectivity index (χ0v) is 24.2. The average molecular weight is 778 g/mol. The Bertz CT molecular complexity index is 943. The number of carbonyl (C=O) groups is 1. The number of carbonyl (C=O) groups excluding carboxylic acids is 1. The van der Waals surface area contributed by atoms with Gasteiger partial charge in [-0.05, 0) is 0 Å². The second kappa shape index (κ2) is 9.97. The predicted octanol–water partition coefficient (Wildman–Crippen LogP) is 3.28. The van der Waals surface area contributed by atoms with E-state index in [9.17, 15) is 18.0 Å². The van der Waals surface area contributed by atoms with Crippen LogP contribution in [0.3, 0.4) is 0 Å². The molecule has 0 aliphatic carbocycles. The Morgan fingerprint density at radius 2 is 2.06 bits per heavy atom. The van der Waals surface area contributed by atoms with Crippen LogP contribution in [0.15, 0.2) is 24.3 Å². The Kier molecular flexibility index (Phi) is 8.18. The van der Waals surface area contributed by atoms with E-state index >= 15 is 0 Å². The fourth-order valence-corrected chi connectivity index (χ4v) is 18.0. The zero-order chi connectivity index (χ0) is 23.0.